The Morgan fingerprint density at radius 1 is 1.06 bits per heavy atom. The Hall–Kier alpha value is -3.59. The maximum atomic E-state index is 13.4. The first-order chi connectivity index (χ1) is 17.5. The van der Waals surface area contributed by atoms with Crippen LogP contribution >= 0.6 is 0 Å². The first-order valence-corrected chi connectivity index (χ1v) is 12.7. The van der Waals surface area contributed by atoms with E-state index in [0.717, 1.165) is 56.6 Å². The Bertz CT molecular complexity index is 1210. The fraction of sp³-hybridized carbons (Fsp3) is 0.444. The number of likely N-dealkylation sites (tertiary alicyclic amines) is 2. The van der Waals surface area contributed by atoms with Gasteiger partial charge in [0, 0.05) is 25.5 Å². The van der Waals surface area contributed by atoms with E-state index in [1.807, 2.05) is 40.9 Å². The first-order valence-electron chi connectivity index (χ1n) is 12.7. The number of hydrogen-bond donors (Lipinski definition) is 1. The number of aromatic nitrogens is 4. The number of rotatable bonds is 6. The van der Waals surface area contributed by atoms with E-state index in [4.69, 9.17) is 0 Å². The first kappa shape index (κ1) is 24.1. The maximum Gasteiger partial charge on any atom is 0.275 e. The van der Waals surface area contributed by atoms with Crippen molar-refractivity contribution in [2.75, 3.05) is 32.0 Å². The van der Waals surface area contributed by atoms with Gasteiger partial charge >= 0.3 is 0 Å². The van der Waals surface area contributed by atoms with Gasteiger partial charge in [0.1, 0.15) is 11.5 Å². The third kappa shape index (κ3) is 5.46. The molecule has 0 saturated carbocycles. The molecule has 2 aliphatic heterocycles. The van der Waals surface area contributed by atoms with Gasteiger partial charge < -0.3 is 15.1 Å². The summed E-state index contributed by atoms with van der Waals surface area (Å²) in [6.45, 7) is 5.67. The highest BCUT2D eigenvalue weighted by atomic mass is 16.2. The average Bonchev–Trinajstić information content (AvgIpc) is 3.57. The highest BCUT2D eigenvalue weighted by Gasteiger charge is 2.32. The number of nitrogens with one attached hydrogen (secondary N) is 1. The summed E-state index contributed by atoms with van der Waals surface area (Å²) in [5.41, 5.74) is 2.66. The Labute approximate surface area is 211 Å². The van der Waals surface area contributed by atoms with Gasteiger partial charge in [-0.2, -0.15) is 5.10 Å². The fourth-order valence-electron chi connectivity index (χ4n) is 5.05. The summed E-state index contributed by atoms with van der Waals surface area (Å²) in [6, 6.07) is 8.88. The number of carbonyl (C=O) groups excluding carboxylic acids is 2. The van der Waals surface area contributed by atoms with E-state index in [2.05, 4.69) is 32.3 Å². The van der Waals surface area contributed by atoms with Gasteiger partial charge in [-0.1, -0.05) is 12.1 Å². The summed E-state index contributed by atoms with van der Waals surface area (Å²) in [7, 11) is 2.16. The minimum absolute atomic E-state index is 0.0346. The second kappa shape index (κ2) is 10.6. The second-order valence-electron chi connectivity index (χ2n) is 9.98. The second-order valence-corrected chi connectivity index (χ2v) is 9.98. The molecule has 9 heteroatoms. The quantitative estimate of drug-likeness (QED) is 0.571. The molecule has 0 aromatic carbocycles. The zero-order chi connectivity index (χ0) is 25.1. The topological polar surface area (TPSA) is 96.2 Å². The summed E-state index contributed by atoms with van der Waals surface area (Å²) >= 11 is 0. The van der Waals surface area contributed by atoms with E-state index >= 15 is 0 Å². The van der Waals surface area contributed by atoms with Crippen molar-refractivity contribution in [3.8, 4) is 0 Å². The summed E-state index contributed by atoms with van der Waals surface area (Å²) in [4.78, 5) is 39.3. The molecule has 5 rings (SSSR count). The van der Waals surface area contributed by atoms with Gasteiger partial charge in [0.15, 0.2) is 0 Å². The van der Waals surface area contributed by atoms with E-state index in [1.54, 1.807) is 24.5 Å². The smallest absolute Gasteiger partial charge is 0.275 e. The van der Waals surface area contributed by atoms with Gasteiger partial charge in [-0.3, -0.25) is 14.3 Å². The van der Waals surface area contributed by atoms with Crippen molar-refractivity contribution in [1.29, 1.82) is 0 Å². The molecule has 1 atom stereocenters. The molecule has 188 valence electrons. The van der Waals surface area contributed by atoms with E-state index < -0.39 is 0 Å². The van der Waals surface area contributed by atoms with Crippen LogP contribution in [0.4, 0.5) is 5.82 Å². The molecule has 0 spiro atoms. The zero-order valence-electron chi connectivity index (χ0n) is 20.9. The van der Waals surface area contributed by atoms with Crippen LogP contribution in [0.1, 0.15) is 63.8 Å². The van der Waals surface area contributed by atoms with Crippen molar-refractivity contribution in [3.05, 3.63) is 71.4 Å². The van der Waals surface area contributed by atoms with Gasteiger partial charge in [-0.05, 0) is 82.4 Å². The molecule has 0 bridgehead atoms. The van der Waals surface area contributed by atoms with Gasteiger partial charge in [0.25, 0.3) is 11.8 Å². The van der Waals surface area contributed by atoms with Crippen LogP contribution < -0.4 is 5.32 Å². The number of pyridine rings is 2. The Balaban J connectivity index is 1.26. The largest absolute Gasteiger partial charge is 0.330 e. The number of amides is 2. The number of hydrogen-bond acceptors (Lipinski definition) is 6. The van der Waals surface area contributed by atoms with Crippen molar-refractivity contribution < 1.29 is 9.59 Å². The highest BCUT2D eigenvalue weighted by molar-refractivity contribution is 6.02. The number of carbonyl (C=O) groups is 2. The average molecular weight is 488 g/mol. The van der Waals surface area contributed by atoms with Gasteiger partial charge in [-0.15, -0.1) is 0 Å². The van der Waals surface area contributed by atoms with Crippen LogP contribution in [-0.2, 0) is 6.54 Å². The summed E-state index contributed by atoms with van der Waals surface area (Å²) < 4.78 is 1.91. The third-order valence-corrected chi connectivity index (χ3v) is 7.17. The molecular formula is C27H33N7O2. The van der Waals surface area contributed by atoms with Crippen molar-refractivity contribution in [2.45, 2.75) is 45.2 Å². The molecule has 1 unspecified atom stereocenters. The Morgan fingerprint density at radius 3 is 2.67 bits per heavy atom. The Kier molecular flexibility index (Phi) is 7.09. The van der Waals surface area contributed by atoms with Gasteiger partial charge in [0.2, 0.25) is 0 Å². The normalized spacial score (nSPS) is 18.9. The molecule has 3 aromatic rings. The van der Waals surface area contributed by atoms with Crippen molar-refractivity contribution in [2.24, 2.45) is 5.92 Å². The lowest BCUT2D eigenvalue weighted by molar-refractivity contribution is 0.0732. The molecule has 2 fully saturated rings. The van der Waals surface area contributed by atoms with Crippen LogP contribution in [0.5, 0.6) is 0 Å². The van der Waals surface area contributed by atoms with Crippen LogP contribution in [0.2, 0.25) is 0 Å². The van der Waals surface area contributed by atoms with Crippen LogP contribution in [0.15, 0.2) is 48.9 Å². The van der Waals surface area contributed by atoms with Crippen LogP contribution in [0.3, 0.4) is 0 Å². The third-order valence-electron chi connectivity index (χ3n) is 7.17. The van der Waals surface area contributed by atoms with Gasteiger partial charge in [-0.25, -0.2) is 9.97 Å². The van der Waals surface area contributed by atoms with Crippen molar-refractivity contribution in [1.82, 2.24) is 29.5 Å². The minimum Gasteiger partial charge on any atom is -0.330 e. The van der Waals surface area contributed by atoms with E-state index in [0.29, 0.717) is 29.5 Å². The van der Waals surface area contributed by atoms with Crippen LogP contribution in [0.25, 0.3) is 0 Å². The predicted molar refractivity (Wildman–Crippen MR) is 137 cm³/mol. The summed E-state index contributed by atoms with van der Waals surface area (Å²) in [5, 5.41) is 7.28. The molecule has 36 heavy (non-hydrogen) atoms. The Morgan fingerprint density at radius 2 is 1.89 bits per heavy atom. The number of anilines is 1. The van der Waals surface area contributed by atoms with Crippen LogP contribution in [0, 0.1) is 12.8 Å². The minimum atomic E-state index is -0.320. The maximum absolute atomic E-state index is 13.4. The molecule has 5 heterocycles. The highest BCUT2D eigenvalue weighted by Crippen LogP contribution is 2.32. The number of piperidine rings is 1. The number of aryl methyl sites for hydroxylation is 1. The standard InChI is InChI=1S/C27H33N7O2/c1-19-8-9-25(28-15-19)31-26(35)23-6-3-5-22(30-23)24-7-4-12-34(24)27(36)21-16-29-33(18-21)17-20-10-13-32(2)14-11-20/h3,5-6,8-9,15-16,18,20,24H,4,7,10-14,17H2,1-2H3,(H,28,31,35). The summed E-state index contributed by atoms with van der Waals surface area (Å²) in [5.74, 6) is 0.719. The molecule has 0 aliphatic carbocycles. The van der Waals surface area contributed by atoms with Crippen molar-refractivity contribution in [3.63, 3.8) is 0 Å². The monoisotopic (exact) mass is 487 g/mol. The predicted octanol–water partition coefficient (Wildman–Crippen LogP) is 3.55. The number of nitrogens with zero attached hydrogens (tertiary/aromatic N) is 6. The lowest BCUT2D eigenvalue weighted by Crippen LogP contribution is -2.32. The van der Waals surface area contributed by atoms with Gasteiger partial charge in [0.05, 0.1) is 23.5 Å². The lowest BCUT2D eigenvalue weighted by atomic mass is 9.97. The molecule has 2 amide bonds. The summed E-state index contributed by atoms with van der Waals surface area (Å²) in [6.07, 6.45) is 9.28. The molecule has 1 N–H and O–H groups in total. The molecule has 2 aliphatic rings. The van der Waals surface area contributed by atoms with E-state index in [-0.39, 0.29) is 17.9 Å². The van der Waals surface area contributed by atoms with Crippen molar-refractivity contribution >= 4 is 17.6 Å². The van der Waals surface area contributed by atoms with Crippen LogP contribution in [-0.4, -0.2) is 68.0 Å². The molecule has 2 saturated heterocycles. The van der Waals surface area contributed by atoms with E-state index in [9.17, 15) is 9.59 Å². The SMILES string of the molecule is Cc1ccc(NC(=O)c2cccc(C3CCCN3C(=O)c3cnn(CC4CCN(C)CC4)c3)n2)nc1. The van der Waals surface area contributed by atoms with E-state index in [1.165, 1.54) is 0 Å². The molecular weight excluding hydrogens is 454 g/mol. The molecule has 9 nitrogen and oxygen atoms in total. The molecule has 0 radical (unpaired) electrons. The lowest BCUT2D eigenvalue weighted by Gasteiger charge is -2.28. The zero-order valence-corrected chi connectivity index (χ0v) is 20.9. The molecule has 3 aromatic heterocycles. The fourth-order valence-corrected chi connectivity index (χ4v) is 5.05.